The molecule has 2 aromatic rings. The molecule has 104 valence electrons. The van der Waals surface area contributed by atoms with Gasteiger partial charge in [-0.25, -0.2) is 0 Å². The van der Waals surface area contributed by atoms with Gasteiger partial charge in [0.15, 0.2) is 0 Å². The third-order valence-electron chi connectivity index (χ3n) is 4.15. The molecular weight excluding hydrogens is 246 g/mol. The van der Waals surface area contributed by atoms with Crippen molar-refractivity contribution in [2.75, 3.05) is 0 Å². The van der Waals surface area contributed by atoms with E-state index in [0.717, 1.165) is 6.61 Å². The number of hydrogen-bond donors (Lipinski definition) is 1. The van der Waals surface area contributed by atoms with E-state index in [4.69, 9.17) is 10.5 Å². The van der Waals surface area contributed by atoms with Gasteiger partial charge < -0.3 is 10.5 Å². The molecule has 0 amide bonds. The standard InChI is InChI=1S/C18H21NO/c1-11-6-12(2)17(13(3)7-11)18(19)14-4-5-15-9-20-10-16(15)8-14/h4-8,18H,9-10,19H2,1-3H3. The topological polar surface area (TPSA) is 35.2 Å². The van der Waals surface area contributed by atoms with Crippen LogP contribution in [0.5, 0.6) is 0 Å². The predicted molar refractivity (Wildman–Crippen MR) is 81.6 cm³/mol. The van der Waals surface area contributed by atoms with Gasteiger partial charge in [0.05, 0.1) is 19.3 Å². The number of aryl methyl sites for hydroxylation is 3. The van der Waals surface area contributed by atoms with Crippen molar-refractivity contribution in [1.82, 2.24) is 0 Å². The molecule has 1 atom stereocenters. The van der Waals surface area contributed by atoms with Crippen LogP contribution in [-0.4, -0.2) is 0 Å². The summed E-state index contributed by atoms with van der Waals surface area (Å²) >= 11 is 0. The molecule has 3 rings (SSSR count). The highest BCUT2D eigenvalue weighted by atomic mass is 16.5. The van der Waals surface area contributed by atoms with Crippen LogP contribution in [0.3, 0.4) is 0 Å². The quantitative estimate of drug-likeness (QED) is 0.900. The summed E-state index contributed by atoms with van der Waals surface area (Å²) in [5.74, 6) is 0. The SMILES string of the molecule is Cc1cc(C)c(C(N)c2ccc3c(c2)COC3)c(C)c1. The molecule has 1 heterocycles. The van der Waals surface area contributed by atoms with E-state index < -0.39 is 0 Å². The lowest BCUT2D eigenvalue weighted by Crippen LogP contribution is -2.15. The maximum atomic E-state index is 6.52. The summed E-state index contributed by atoms with van der Waals surface area (Å²) in [7, 11) is 0. The number of nitrogens with two attached hydrogens (primary N) is 1. The van der Waals surface area contributed by atoms with Crippen molar-refractivity contribution in [3.63, 3.8) is 0 Å². The summed E-state index contributed by atoms with van der Waals surface area (Å²) in [5.41, 5.74) is 15.3. The molecule has 0 fully saturated rings. The highest BCUT2D eigenvalue weighted by Gasteiger charge is 2.18. The fourth-order valence-electron chi connectivity index (χ4n) is 3.23. The van der Waals surface area contributed by atoms with Gasteiger partial charge in [0.25, 0.3) is 0 Å². The second kappa shape index (κ2) is 5.04. The molecule has 20 heavy (non-hydrogen) atoms. The lowest BCUT2D eigenvalue weighted by atomic mass is 9.89. The highest BCUT2D eigenvalue weighted by Crippen LogP contribution is 2.30. The van der Waals surface area contributed by atoms with Crippen LogP contribution in [0.1, 0.15) is 45.0 Å². The number of ether oxygens (including phenoxy) is 1. The summed E-state index contributed by atoms with van der Waals surface area (Å²) in [5, 5.41) is 0. The minimum absolute atomic E-state index is 0.0681. The fourth-order valence-corrected chi connectivity index (χ4v) is 3.23. The molecular formula is C18H21NO. The van der Waals surface area contributed by atoms with Crippen molar-refractivity contribution in [1.29, 1.82) is 0 Å². The third-order valence-corrected chi connectivity index (χ3v) is 4.15. The molecule has 2 N–H and O–H groups in total. The number of benzene rings is 2. The van der Waals surface area contributed by atoms with E-state index in [9.17, 15) is 0 Å². The average Bonchev–Trinajstić information content (AvgIpc) is 2.84. The molecule has 2 heteroatoms. The van der Waals surface area contributed by atoms with Gasteiger partial charge >= 0.3 is 0 Å². The molecule has 0 saturated heterocycles. The van der Waals surface area contributed by atoms with E-state index in [0.29, 0.717) is 6.61 Å². The third kappa shape index (κ3) is 2.26. The maximum absolute atomic E-state index is 6.52. The number of hydrogen-bond acceptors (Lipinski definition) is 2. The molecule has 0 aliphatic carbocycles. The van der Waals surface area contributed by atoms with E-state index in [1.807, 2.05) is 0 Å². The van der Waals surface area contributed by atoms with Crippen molar-refractivity contribution in [3.8, 4) is 0 Å². The first-order chi connectivity index (χ1) is 9.56. The van der Waals surface area contributed by atoms with Gasteiger partial charge in [-0.05, 0) is 54.2 Å². The molecule has 1 unspecified atom stereocenters. The van der Waals surface area contributed by atoms with E-state index in [2.05, 4.69) is 51.1 Å². The molecule has 0 bridgehead atoms. The van der Waals surface area contributed by atoms with Crippen molar-refractivity contribution >= 4 is 0 Å². The molecule has 0 radical (unpaired) electrons. The normalized spacial score (nSPS) is 15.2. The Morgan fingerprint density at radius 2 is 1.60 bits per heavy atom. The van der Waals surface area contributed by atoms with Crippen molar-refractivity contribution < 1.29 is 4.74 Å². The summed E-state index contributed by atoms with van der Waals surface area (Å²) in [6, 6.07) is 10.8. The van der Waals surface area contributed by atoms with Crippen LogP contribution >= 0.6 is 0 Å². The predicted octanol–water partition coefficient (Wildman–Crippen LogP) is 3.69. The van der Waals surface area contributed by atoms with Gasteiger partial charge in [0.2, 0.25) is 0 Å². The van der Waals surface area contributed by atoms with E-state index in [1.54, 1.807) is 0 Å². The molecule has 0 saturated carbocycles. The van der Waals surface area contributed by atoms with Crippen LogP contribution in [0, 0.1) is 20.8 Å². The minimum Gasteiger partial charge on any atom is -0.372 e. The first-order valence-corrected chi connectivity index (χ1v) is 7.09. The van der Waals surface area contributed by atoms with Gasteiger partial charge in [0.1, 0.15) is 0 Å². The van der Waals surface area contributed by atoms with Gasteiger partial charge in [-0.1, -0.05) is 35.9 Å². The van der Waals surface area contributed by atoms with Gasteiger partial charge in [0, 0.05) is 0 Å². The Morgan fingerprint density at radius 1 is 0.950 bits per heavy atom. The summed E-state index contributed by atoms with van der Waals surface area (Å²) in [4.78, 5) is 0. The molecule has 1 aliphatic heterocycles. The van der Waals surface area contributed by atoms with Crippen LogP contribution in [-0.2, 0) is 18.0 Å². The fraction of sp³-hybridized carbons (Fsp3) is 0.333. The van der Waals surface area contributed by atoms with Crippen molar-refractivity contribution in [2.24, 2.45) is 5.73 Å². The van der Waals surface area contributed by atoms with Gasteiger partial charge in [-0.3, -0.25) is 0 Å². The van der Waals surface area contributed by atoms with Crippen molar-refractivity contribution in [2.45, 2.75) is 40.0 Å². The molecule has 1 aliphatic rings. The largest absolute Gasteiger partial charge is 0.372 e. The Morgan fingerprint density at radius 3 is 2.30 bits per heavy atom. The molecule has 0 aromatic heterocycles. The Hall–Kier alpha value is -1.64. The summed E-state index contributed by atoms with van der Waals surface area (Å²) in [6.07, 6.45) is 0. The first kappa shape index (κ1) is 13.3. The van der Waals surface area contributed by atoms with Gasteiger partial charge in [-0.2, -0.15) is 0 Å². The molecule has 0 spiro atoms. The van der Waals surface area contributed by atoms with E-state index >= 15 is 0 Å². The average molecular weight is 267 g/mol. The molecule has 2 aromatic carbocycles. The smallest absolute Gasteiger partial charge is 0.0725 e. The Bertz CT molecular complexity index is 637. The lowest BCUT2D eigenvalue weighted by molar-refractivity contribution is 0.134. The number of fused-ring (bicyclic) bond motifs is 1. The van der Waals surface area contributed by atoms with Crippen LogP contribution in [0.25, 0.3) is 0 Å². The zero-order chi connectivity index (χ0) is 14.3. The van der Waals surface area contributed by atoms with E-state index in [-0.39, 0.29) is 6.04 Å². The Labute approximate surface area is 120 Å². The second-order valence-corrected chi connectivity index (χ2v) is 5.81. The van der Waals surface area contributed by atoms with Crippen LogP contribution < -0.4 is 5.73 Å². The Balaban J connectivity index is 2.03. The van der Waals surface area contributed by atoms with Crippen LogP contribution in [0.2, 0.25) is 0 Å². The highest BCUT2D eigenvalue weighted by molar-refractivity contribution is 5.45. The minimum atomic E-state index is -0.0681. The zero-order valence-corrected chi connectivity index (χ0v) is 12.4. The van der Waals surface area contributed by atoms with Crippen LogP contribution in [0.15, 0.2) is 30.3 Å². The Kier molecular flexibility index (Phi) is 3.36. The van der Waals surface area contributed by atoms with E-state index in [1.165, 1.54) is 38.9 Å². The monoisotopic (exact) mass is 267 g/mol. The van der Waals surface area contributed by atoms with Crippen LogP contribution in [0.4, 0.5) is 0 Å². The van der Waals surface area contributed by atoms with Crippen molar-refractivity contribution in [3.05, 3.63) is 69.3 Å². The lowest BCUT2D eigenvalue weighted by Gasteiger charge is -2.19. The maximum Gasteiger partial charge on any atom is 0.0725 e. The first-order valence-electron chi connectivity index (χ1n) is 7.09. The zero-order valence-electron chi connectivity index (χ0n) is 12.4. The number of rotatable bonds is 2. The second-order valence-electron chi connectivity index (χ2n) is 5.81. The summed E-state index contributed by atoms with van der Waals surface area (Å²) in [6.45, 7) is 7.86. The molecule has 2 nitrogen and oxygen atoms in total. The van der Waals surface area contributed by atoms with Gasteiger partial charge in [-0.15, -0.1) is 0 Å². The summed E-state index contributed by atoms with van der Waals surface area (Å²) < 4.78 is 5.48.